The van der Waals surface area contributed by atoms with Crippen LogP contribution in [0.5, 0.6) is 0 Å². The highest BCUT2D eigenvalue weighted by molar-refractivity contribution is 7.10. The van der Waals surface area contributed by atoms with Crippen molar-refractivity contribution in [3.63, 3.8) is 0 Å². The average molecular weight is 240 g/mol. The molecule has 0 spiro atoms. The lowest BCUT2D eigenvalue weighted by Crippen LogP contribution is -2.23. The fourth-order valence-corrected chi connectivity index (χ4v) is 2.63. The molecule has 0 fully saturated rings. The number of hydrogen-bond acceptors (Lipinski definition) is 5. The van der Waals surface area contributed by atoms with Crippen molar-refractivity contribution in [3.05, 3.63) is 39.0 Å². The van der Waals surface area contributed by atoms with Gasteiger partial charge in [0.2, 0.25) is 0 Å². The highest BCUT2D eigenvalue weighted by Crippen LogP contribution is 2.16. The molecule has 3 nitrogen and oxygen atoms in total. The zero-order valence-corrected chi connectivity index (χ0v) is 9.72. The summed E-state index contributed by atoms with van der Waals surface area (Å²) in [6, 6.07) is 4.06. The summed E-state index contributed by atoms with van der Waals surface area (Å²) < 4.78 is 0. The minimum Gasteiger partial charge on any atom is -0.394 e. The van der Waals surface area contributed by atoms with Gasteiger partial charge in [-0.2, -0.15) is 0 Å². The number of nitrogens with one attached hydrogen (secondary N) is 1. The van der Waals surface area contributed by atoms with Gasteiger partial charge < -0.3 is 10.4 Å². The monoisotopic (exact) mass is 240 g/mol. The summed E-state index contributed by atoms with van der Waals surface area (Å²) in [5, 5.41) is 17.4. The van der Waals surface area contributed by atoms with Crippen molar-refractivity contribution in [1.82, 2.24) is 10.3 Å². The van der Waals surface area contributed by atoms with E-state index in [1.165, 1.54) is 4.88 Å². The quantitative estimate of drug-likeness (QED) is 0.840. The van der Waals surface area contributed by atoms with Gasteiger partial charge in [0.25, 0.3) is 0 Å². The second-order valence-electron chi connectivity index (χ2n) is 3.07. The van der Waals surface area contributed by atoms with Gasteiger partial charge in [-0.25, -0.2) is 4.98 Å². The van der Waals surface area contributed by atoms with Crippen LogP contribution in [0, 0.1) is 0 Å². The van der Waals surface area contributed by atoms with E-state index < -0.39 is 0 Å². The van der Waals surface area contributed by atoms with E-state index in [2.05, 4.69) is 16.4 Å². The van der Waals surface area contributed by atoms with Crippen LogP contribution < -0.4 is 5.32 Å². The summed E-state index contributed by atoms with van der Waals surface area (Å²) in [5.74, 6) is 0. The van der Waals surface area contributed by atoms with Gasteiger partial charge >= 0.3 is 0 Å². The van der Waals surface area contributed by atoms with E-state index in [0.29, 0.717) is 0 Å². The van der Waals surface area contributed by atoms with Crippen molar-refractivity contribution < 1.29 is 5.11 Å². The third kappa shape index (κ3) is 2.85. The molecule has 0 bridgehead atoms. The first-order valence-corrected chi connectivity index (χ1v) is 6.42. The van der Waals surface area contributed by atoms with Crippen molar-refractivity contribution in [3.8, 4) is 0 Å². The Morgan fingerprint density at radius 3 is 2.93 bits per heavy atom. The van der Waals surface area contributed by atoms with Gasteiger partial charge in [0.15, 0.2) is 0 Å². The molecule has 0 saturated heterocycles. The van der Waals surface area contributed by atoms with Gasteiger partial charge in [-0.15, -0.1) is 22.7 Å². The largest absolute Gasteiger partial charge is 0.394 e. The van der Waals surface area contributed by atoms with Crippen molar-refractivity contribution >= 4 is 22.7 Å². The smallest absolute Gasteiger partial charge is 0.112 e. The summed E-state index contributed by atoms with van der Waals surface area (Å²) in [7, 11) is 0. The fourth-order valence-electron chi connectivity index (χ4n) is 1.27. The normalized spacial score (nSPS) is 12.9. The van der Waals surface area contributed by atoms with E-state index >= 15 is 0 Å². The maximum atomic E-state index is 9.23. The molecule has 2 rings (SSSR count). The Kier molecular flexibility index (Phi) is 3.85. The first kappa shape index (κ1) is 10.8. The van der Waals surface area contributed by atoms with Gasteiger partial charge in [0, 0.05) is 23.0 Å². The standard InChI is InChI=1S/C10H12N2OS2/c13-7-9(10-11-3-5-15-10)12-6-8-2-1-4-14-8/h1-5,9,12-13H,6-7H2. The van der Waals surface area contributed by atoms with Crippen LogP contribution in [0.4, 0.5) is 0 Å². The van der Waals surface area contributed by atoms with Gasteiger partial charge in [-0.1, -0.05) is 6.07 Å². The fraction of sp³-hybridized carbons (Fsp3) is 0.300. The van der Waals surface area contributed by atoms with E-state index in [1.807, 2.05) is 16.8 Å². The minimum absolute atomic E-state index is 0.0490. The van der Waals surface area contributed by atoms with E-state index in [-0.39, 0.29) is 12.6 Å². The van der Waals surface area contributed by atoms with Gasteiger partial charge in [-0.05, 0) is 11.4 Å². The van der Waals surface area contributed by atoms with Crippen LogP contribution in [-0.2, 0) is 6.54 Å². The number of rotatable bonds is 5. The van der Waals surface area contributed by atoms with Crippen LogP contribution in [0.2, 0.25) is 0 Å². The van der Waals surface area contributed by atoms with Gasteiger partial charge in [0.05, 0.1) is 12.6 Å². The number of hydrogen-bond donors (Lipinski definition) is 2. The molecule has 5 heteroatoms. The molecule has 0 radical (unpaired) electrons. The third-order valence-corrected chi connectivity index (χ3v) is 3.80. The first-order chi connectivity index (χ1) is 7.40. The Bertz CT molecular complexity index is 372. The molecule has 0 amide bonds. The predicted molar refractivity (Wildman–Crippen MR) is 63.1 cm³/mol. The molecular weight excluding hydrogens is 228 g/mol. The van der Waals surface area contributed by atoms with Gasteiger partial charge in [0.1, 0.15) is 5.01 Å². The second-order valence-corrected chi connectivity index (χ2v) is 5.02. The molecule has 1 unspecified atom stereocenters. The summed E-state index contributed by atoms with van der Waals surface area (Å²) in [4.78, 5) is 5.46. The average Bonchev–Trinajstić information content (AvgIpc) is 2.90. The van der Waals surface area contributed by atoms with Crippen molar-refractivity contribution in [2.45, 2.75) is 12.6 Å². The van der Waals surface area contributed by atoms with Crippen LogP contribution in [0.1, 0.15) is 15.9 Å². The lowest BCUT2D eigenvalue weighted by molar-refractivity contribution is 0.243. The molecule has 1 atom stereocenters. The summed E-state index contributed by atoms with van der Waals surface area (Å²) in [5.41, 5.74) is 0. The molecule has 2 aromatic rings. The molecule has 0 aromatic carbocycles. The van der Waals surface area contributed by atoms with E-state index in [1.54, 1.807) is 28.9 Å². The van der Waals surface area contributed by atoms with Crippen molar-refractivity contribution in [2.75, 3.05) is 6.61 Å². The molecule has 0 aliphatic rings. The van der Waals surface area contributed by atoms with Crippen molar-refractivity contribution in [1.29, 1.82) is 0 Å². The van der Waals surface area contributed by atoms with E-state index in [0.717, 1.165) is 11.6 Å². The number of thiazole rings is 1. The summed E-state index contributed by atoms with van der Waals surface area (Å²) in [6.07, 6.45) is 1.76. The first-order valence-electron chi connectivity index (χ1n) is 4.66. The third-order valence-electron chi connectivity index (χ3n) is 2.03. The molecule has 2 heterocycles. The predicted octanol–water partition coefficient (Wildman–Crippen LogP) is 2.03. The van der Waals surface area contributed by atoms with Crippen LogP contribution in [0.3, 0.4) is 0 Å². The molecule has 15 heavy (non-hydrogen) atoms. The SMILES string of the molecule is OCC(NCc1cccs1)c1nccs1. The molecule has 2 N–H and O–H groups in total. The lowest BCUT2D eigenvalue weighted by atomic mass is 10.3. The number of aliphatic hydroxyl groups excluding tert-OH is 1. The Hall–Kier alpha value is -0.750. The van der Waals surface area contributed by atoms with Crippen LogP contribution in [-0.4, -0.2) is 16.7 Å². The number of aliphatic hydroxyl groups is 1. The summed E-state index contributed by atoms with van der Waals surface area (Å²) >= 11 is 3.27. The Morgan fingerprint density at radius 1 is 1.40 bits per heavy atom. The van der Waals surface area contributed by atoms with E-state index in [9.17, 15) is 5.11 Å². The topological polar surface area (TPSA) is 45.1 Å². The maximum Gasteiger partial charge on any atom is 0.112 e. The van der Waals surface area contributed by atoms with E-state index in [4.69, 9.17) is 0 Å². The Balaban J connectivity index is 1.92. The zero-order valence-electron chi connectivity index (χ0n) is 8.09. The molecule has 2 aromatic heterocycles. The highest BCUT2D eigenvalue weighted by Gasteiger charge is 2.11. The molecular formula is C10H12N2OS2. The molecule has 0 aliphatic carbocycles. The minimum atomic E-state index is -0.0490. The number of aromatic nitrogens is 1. The molecule has 80 valence electrons. The zero-order chi connectivity index (χ0) is 10.5. The number of thiophene rings is 1. The van der Waals surface area contributed by atoms with Gasteiger partial charge in [-0.3, -0.25) is 0 Å². The Labute approximate surface area is 96.4 Å². The van der Waals surface area contributed by atoms with Crippen LogP contribution >= 0.6 is 22.7 Å². The second kappa shape index (κ2) is 5.37. The van der Waals surface area contributed by atoms with Crippen LogP contribution in [0.25, 0.3) is 0 Å². The van der Waals surface area contributed by atoms with Crippen molar-refractivity contribution in [2.24, 2.45) is 0 Å². The summed E-state index contributed by atoms with van der Waals surface area (Å²) in [6.45, 7) is 0.862. The highest BCUT2D eigenvalue weighted by atomic mass is 32.1. The lowest BCUT2D eigenvalue weighted by Gasteiger charge is -2.12. The Morgan fingerprint density at radius 2 is 2.33 bits per heavy atom. The molecule has 0 saturated carbocycles. The maximum absolute atomic E-state index is 9.23. The van der Waals surface area contributed by atoms with Crippen LogP contribution in [0.15, 0.2) is 29.1 Å². The molecule has 0 aliphatic heterocycles. The number of nitrogens with zero attached hydrogens (tertiary/aromatic N) is 1.